The Kier molecular flexibility index (Phi) is 15.8. The average Bonchev–Trinajstić information content (AvgIpc) is 3.33. The first-order valence-electron chi connectivity index (χ1n) is 14.4. The second-order valence-electron chi connectivity index (χ2n) is 10.3. The average molecular weight is 539 g/mol. The highest BCUT2D eigenvalue weighted by molar-refractivity contribution is 8.01. The van der Waals surface area contributed by atoms with Crippen molar-refractivity contribution < 1.29 is 13.2 Å². The molecule has 0 radical (unpaired) electrons. The largest absolute Gasteiger partial charge is 0.355 e. The zero-order chi connectivity index (χ0) is 26.1. The topological polar surface area (TPSA) is 66.5 Å². The van der Waals surface area contributed by atoms with E-state index in [0.29, 0.717) is 12.3 Å². The van der Waals surface area contributed by atoms with E-state index in [4.69, 9.17) is 0 Å². The third kappa shape index (κ3) is 12.0. The van der Waals surface area contributed by atoms with Crippen LogP contribution in [-0.2, 0) is 14.8 Å². The monoisotopic (exact) mass is 538 g/mol. The number of thioether (sulfide) groups is 1. The fraction of sp³-hybridized carbons (Fsp3) is 0.759. The van der Waals surface area contributed by atoms with Crippen LogP contribution in [0.3, 0.4) is 0 Å². The molecule has 2 rings (SSSR count). The Morgan fingerprint density at radius 2 is 1.31 bits per heavy atom. The SMILES string of the molecule is CCCCCCCCCCCCCCCCCCNC(=O)[C@@H]1CSC(c2ccccc2)N1S(C)(=O)=O. The van der Waals surface area contributed by atoms with Crippen molar-refractivity contribution in [2.75, 3.05) is 18.6 Å². The van der Waals surface area contributed by atoms with E-state index in [1.807, 2.05) is 30.3 Å². The van der Waals surface area contributed by atoms with Crippen molar-refractivity contribution in [2.45, 2.75) is 121 Å². The van der Waals surface area contributed by atoms with Crippen LogP contribution in [0.2, 0.25) is 0 Å². The number of nitrogens with zero attached hydrogens (tertiary/aromatic N) is 1. The predicted octanol–water partition coefficient (Wildman–Crippen LogP) is 7.44. The molecule has 0 aliphatic carbocycles. The van der Waals surface area contributed by atoms with Gasteiger partial charge in [0.05, 0.1) is 11.6 Å². The summed E-state index contributed by atoms with van der Waals surface area (Å²) in [7, 11) is -3.50. The first-order chi connectivity index (χ1) is 17.4. The van der Waals surface area contributed by atoms with Crippen LogP contribution < -0.4 is 5.32 Å². The molecular formula is C29H50N2O3S2. The molecule has 1 aromatic carbocycles. The van der Waals surface area contributed by atoms with Gasteiger partial charge in [-0.2, -0.15) is 4.31 Å². The van der Waals surface area contributed by atoms with Crippen molar-refractivity contribution >= 4 is 27.7 Å². The van der Waals surface area contributed by atoms with Gasteiger partial charge in [0.2, 0.25) is 15.9 Å². The maximum absolute atomic E-state index is 12.8. The standard InChI is InChI=1S/C29H50N2O3S2/c1-3-4-5-6-7-8-9-10-11-12-13-14-15-16-17-21-24-30-28(32)27-25-35-29(31(27)36(2,33)34)26-22-19-18-20-23-26/h18-20,22-23,27,29H,3-17,21,24-25H2,1-2H3,(H,30,32)/t27-,29?/m0/s1. The molecule has 5 nitrogen and oxygen atoms in total. The molecule has 7 heteroatoms. The number of benzene rings is 1. The summed E-state index contributed by atoms with van der Waals surface area (Å²) in [6, 6.07) is 8.92. The fourth-order valence-electron chi connectivity index (χ4n) is 4.95. The fourth-order valence-corrected chi connectivity index (χ4v) is 8.12. The highest BCUT2D eigenvalue weighted by Gasteiger charge is 2.44. The number of carbonyl (C=O) groups is 1. The predicted molar refractivity (Wildman–Crippen MR) is 155 cm³/mol. The number of hydrogen-bond acceptors (Lipinski definition) is 4. The molecule has 0 aromatic heterocycles. The number of unbranched alkanes of at least 4 members (excludes halogenated alkanes) is 15. The van der Waals surface area contributed by atoms with Gasteiger partial charge in [-0.1, -0.05) is 134 Å². The highest BCUT2D eigenvalue weighted by atomic mass is 32.2. The van der Waals surface area contributed by atoms with Crippen LogP contribution >= 0.6 is 11.8 Å². The summed E-state index contributed by atoms with van der Waals surface area (Å²) < 4.78 is 26.4. The zero-order valence-electron chi connectivity index (χ0n) is 22.8. The molecule has 1 amide bonds. The van der Waals surface area contributed by atoms with Crippen LogP contribution in [0.25, 0.3) is 0 Å². The van der Waals surface area contributed by atoms with E-state index in [2.05, 4.69) is 12.2 Å². The lowest BCUT2D eigenvalue weighted by molar-refractivity contribution is -0.124. The number of rotatable bonds is 20. The van der Waals surface area contributed by atoms with Gasteiger partial charge in [0.1, 0.15) is 6.04 Å². The molecular weight excluding hydrogens is 488 g/mol. The Labute approximate surface area is 225 Å². The van der Waals surface area contributed by atoms with Crippen LogP contribution in [0, 0.1) is 0 Å². The molecule has 0 spiro atoms. The van der Waals surface area contributed by atoms with Crippen molar-refractivity contribution in [2.24, 2.45) is 0 Å². The van der Waals surface area contributed by atoms with E-state index in [9.17, 15) is 13.2 Å². The summed E-state index contributed by atoms with van der Waals surface area (Å²) in [6.07, 6.45) is 22.4. The molecule has 1 aliphatic rings. The normalized spacial score (nSPS) is 18.5. The third-order valence-corrected chi connectivity index (χ3v) is 9.74. The van der Waals surface area contributed by atoms with E-state index in [0.717, 1.165) is 18.4 Å². The first-order valence-corrected chi connectivity index (χ1v) is 17.3. The summed E-state index contributed by atoms with van der Waals surface area (Å²) in [6.45, 7) is 2.89. The second kappa shape index (κ2) is 18.2. The van der Waals surface area contributed by atoms with E-state index < -0.39 is 16.1 Å². The number of hydrogen-bond donors (Lipinski definition) is 1. The molecule has 206 valence electrons. The lowest BCUT2D eigenvalue weighted by atomic mass is 10.0. The van der Waals surface area contributed by atoms with E-state index in [1.165, 1.54) is 112 Å². The van der Waals surface area contributed by atoms with Gasteiger partial charge in [0.15, 0.2) is 0 Å². The van der Waals surface area contributed by atoms with Crippen LogP contribution in [0.15, 0.2) is 30.3 Å². The zero-order valence-corrected chi connectivity index (χ0v) is 24.4. The Bertz CT molecular complexity index is 817. The molecule has 36 heavy (non-hydrogen) atoms. The molecule has 0 bridgehead atoms. The molecule has 0 saturated carbocycles. The van der Waals surface area contributed by atoms with Gasteiger partial charge in [0, 0.05) is 12.3 Å². The minimum Gasteiger partial charge on any atom is -0.355 e. The van der Waals surface area contributed by atoms with Crippen molar-refractivity contribution in [3.05, 3.63) is 35.9 Å². The Hall–Kier alpha value is -1.05. The smallest absolute Gasteiger partial charge is 0.239 e. The van der Waals surface area contributed by atoms with E-state index in [1.54, 1.807) is 0 Å². The Balaban J connectivity index is 1.50. The molecule has 1 aliphatic heterocycles. The van der Waals surface area contributed by atoms with Crippen LogP contribution in [-0.4, -0.2) is 43.2 Å². The lowest BCUT2D eigenvalue weighted by Gasteiger charge is -2.26. The Morgan fingerprint density at radius 1 is 0.833 bits per heavy atom. The minimum atomic E-state index is -3.50. The quantitative estimate of drug-likeness (QED) is 0.175. The maximum atomic E-state index is 12.8. The highest BCUT2D eigenvalue weighted by Crippen LogP contribution is 2.42. The maximum Gasteiger partial charge on any atom is 0.239 e. The van der Waals surface area contributed by atoms with Gasteiger partial charge in [-0.15, -0.1) is 11.8 Å². The number of carbonyl (C=O) groups excluding carboxylic acids is 1. The number of amides is 1. The van der Waals surface area contributed by atoms with Crippen molar-refractivity contribution in [1.29, 1.82) is 0 Å². The molecule has 2 atom stereocenters. The molecule has 1 saturated heterocycles. The third-order valence-electron chi connectivity index (χ3n) is 7.05. The van der Waals surface area contributed by atoms with Gasteiger partial charge in [0.25, 0.3) is 0 Å². The van der Waals surface area contributed by atoms with Crippen molar-refractivity contribution in [3.8, 4) is 0 Å². The van der Waals surface area contributed by atoms with Crippen LogP contribution in [0.5, 0.6) is 0 Å². The lowest BCUT2D eigenvalue weighted by Crippen LogP contribution is -2.47. The minimum absolute atomic E-state index is 0.174. The van der Waals surface area contributed by atoms with Gasteiger partial charge >= 0.3 is 0 Å². The van der Waals surface area contributed by atoms with Gasteiger partial charge < -0.3 is 5.32 Å². The van der Waals surface area contributed by atoms with Crippen molar-refractivity contribution in [1.82, 2.24) is 9.62 Å². The van der Waals surface area contributed by atoms with Crippen LogP contribution in [0.1, 0.15) is 121 Å². The summed E-state index contributed by atoms with van der Waals surface area (Å²) in [4.78, 5) is 12.8. The van der Waals surface area contributed by atoms with Gasteiger partial charge in [-0.3, -0.25) is 4.79 Å². The summed E-state index contributed by atoms with van der Waals surface area (Å²) >= 11 is 1.52. The summed E-state index contributed by atoms with van der Waals surface area (Å²) in [5.41, 5.74) is 0.918. The molecule has 1 unspecified atom stereocenters. The number of nitrogens with one attached hydrogen (secondary N) is 1. The van der Waals surface area contributed by atoms with Crippen molar-refractivity contribution in [3.63, 3.8) is 0 Å². The second-order valence-corrected chi connectivity index (χ2v) is 13.3. The van der Waals surface area contributed by atoms with Crippen LogP contribution in [0.4, 0.5) is 0 Å². The van der Waals surface area contributed by atoms with Gasteiger partial charge in [-0.25, -0.2) is 8.42 Å². The summed E-state index contributed by atoms with van der Waals surface area (Å²) in [5.74, 6) is 0.310. The molecule has 1 N–H and O–H groups in total. The van der Waals surface area contributed by atoms with Gasteiger partial charge in [-0.05, 0) is 12.0 Å². The summed E-state index contributed by atoms with van der Waals surface area (Å²) in [5, 5.41) is 2.65. The van der Waals surface area contributed by atoms with E-state index in [-0.39, 0.29) is 11.3 Å². The molecule has 1 fully saturated rings. The Morgan fingerprint density at radius 3 is 1.78 bits per heavy atom. The molecule has 1 heterocycles. The first kappa shape index (κ1) is 31.2. The number of sulfonamides is 1. The van der Waals surface area contributed by atoms with E-state index >= 15 is 0 Å². The molecule has 1 aromatic rings.